The average molecular weight is 647 g/mol. The first-order valence-corrected chi connectivity index (χ1v) is 17.4. The Balaban J connectivity index is 0.0000000923. The molecule has 10 fully saturated rings. The summed E-state index contributed by atoms with van der Waals surface area (Å²) in [4.78, 5) is 70.9. The molecule has 12 atom stereocenters. The van der Waals surface area contributed by atoms with Gasteiger partial charge in [-0.2, -0.15) is 23.5 Å². The van der Waals surface area contributed by atoms with E-state index in [1.165, 1.54) is 0 Å². The van der Waals surface area contributed by atoms with Crippen LogP contribution in [0.15, 0.2) is 12.2 Å². The molecule has 0 spiro atoms. The maximum absolute atomic E-state index is 11.9. The fourth-order valence-electron chi connectivity index (χ4n) is 10.2. The molecule has 0 aromatic heterocycles. The topological polar surface area (TPSA) is 158 Å². The van der Waals surface area contributed by atoms with Gasteiger partial charge in [-0.15, -0.1) is 0 Å². The molecule has 0 saturated carbocycles. The maximum Gasteiger partial charge on any atom is 0.324 e. The Morgan fingerprint density at radius 1 is 0.500 bits per heavy atom. The van der Waals surface area contributed by atoms with Crippen molar-refractivity contribution < 1.29 is 57.2 Å². The second kappa shape index (κ2) is 8.36. The molecular formula is C30H30O12S2. The third kappa shape index (κ3) is 2.59. The van der Waals surface area contributed by atoms with E-state index in [4.69, 9.17) is 28.4 Å². The van der Waals surface area contributed by atoms with Gasteiger partial charge in [-0.25, -0.2) is 0 Å². The number of carbonyl (C=O) groups excluding carboxylic acids is 6. The minimum absolute atomic E-state index is 0.0727. The lowest BCUT2D eigenvalue weighted by Gasteiger charge is -2.34. The van der Waals surface area contributed by atoms with Crippen LogP contribution in [0.4, 0.5) is 0 Å². The number of rotatable bonds is 0. The van der Waals surface area contributed by atoms with Crippen molar-refractivity contribution in [1.82, 2.24) is 0 Å². The predicted octanol–water partition coefficient (Wildman–Crippen LogP) is 1.12. The number of esters is 6. The van der Waals surface area contributed by atoms with Gasteiger partial charge in [-0.3, -0.25) is 28.8 Å². The molecule has 10 saturated heterocycles. The van der Waals surface area contributed by atoms with Gasteiger partial charge in [0.1, 0.15) is 32.5 Å². The van der Waals surface area contributed by atoms with Gasteiger partial charge in [0.2, 0.25) is 0 Å². The molecule has 11 aliphatic rings. The predicted molar refractivity (Wildman–Crippen MR) is 147 cm³/mol. The zero-order valence-electron chi connectivity index (χ0n) is 24.0. The molecule has 0 radical (unpaired) electrons. The molecule has 14 heteroatoms. The Hall–Kier alpha value is -2.26. The van der Waals surface area contributed by atoms with Crippen LogP contribution in [0.3, 0.4) is 0 Å². The molecule has 11 rings (SSSR count). The standard InChI is InChI=1S/C10H10O4S.C10H8O4S.C10H12O4/c2*11-7-9-3-15-4-10(9,8(12)14-7)6-2-1-5(9)13-6;1-9-5-3-4-6(13-5)10(9,2)8(12)14-7(9)11/h5-6H,1-4H2;1-2,5-6H,3-4H2;5-6H,3-4H2,1-2H3/t;;5-,6+,9+,10-. The minimum Gasteiger partial charge on any atom is -0.392 e. The van der Waals surface area contributed by atoms with E-state index in [-0.39, 0.29) is 60.5 Å². The van der Waals surface area contributed by atoms with Gasteiger partial charge in [0.05, 0.1) is 36.6 Å². The van der Waals surface area contributed by atoms with Crippen molar-refractivity contribution >= 4 is 59.3 Å². The number of fused-ring (bicyclic) bond motifs is 9. The summed E-state index contributed by atoms with van der Waals surface area (Å²) in [6.45, 7) is 3.59. The normalized spacial score (nSPS) is 55.1. The van der Waals surface area contributed by atoms with Gasteiger partial charge in [-0.1, -0.05) is 12.2 Å². The van der Waals surface area contributed by atoms with Crippen LogP contribution in [0.1, 0.15) is 39.5 Å². The Labute approximate surface area is 259 Å². The molecule has 12 nitrogen and oxygen atoms in total. The van der Waals surface area contributed by atoms with Crippen molar-refractivity contribution in [2.75, 3.05) is 23.0 Å². The number of ether oxygens (including phenoxy) is 6. The summed E-state index contributed by atoms with van der Waals surface area (Å²) in [5, 5.41) is 0. The molecule has 8 unspecified atom stereocenters. The lowest BCUT2D eigenvalue weighted by Crippen LogP contribution is -2.51. The van der Waals surface area contributed by atoms with Crippen molar-refractivity contribution in [2.45, 2.75) is 76.2 Å². The SMILES string of the molecule is C[C@@]12C(=O)OC(=O)[C@]1(C)[C@H]1CC[C@@H]2O1.O=C1OC(=O)C23CSCC12C1C=CC3O1.O=C1OC(=O)C23CSCC12C1CCC3O1. The molecule has 0 aromatic carbocycles. The van der Waals surface area contributed by atoms with Crippen LogP contribution < -0.4 is 0 Å². The second-order valence-corrected chi connectivity index (χ2v) is 16.0. The van der Waals surface area contributed by atoms with E-state index < -0.39 is 44.4 Å². The highest BCUT2D eigenvalue weighted by Crippen LogP contribution is 2.70. The van der Waals surface area contributed by atoms with Crippen LogP contribution in [0.2, 0.25) is 0 Å². The summed E-state index contributed by atoms with van der Waals surface area (Å²) < 4.78 is 31.6. The highest BCUT2D eigenvalue weighted by atomic mass is 32.2. The Morgan fingerprint density at radius 3 is 1.30 bits per heavy atom. The lowest BCUT2D eigenvalue weighted by atomic mass is 9.59. The zero-order chi connectivity index (χ0) is 30.7. The minimum atomic E-state index is -0.743. The number of thioether (sulfide) groups is 2. The molecule has 6 bridgehead atoms. The number of cyclic esters (lactones) is 6. The fraction of sp³-hybridized carbons (Fsp3) is 0.733. The summed E-state index contributed by atoms with van der Waals surface area (Å²) in [6, 6.07) is 0. The van der Waals surface area contributed by atoms with E-state index in [9.17, 15) is 28.8 Å². The summed E-state index contributed by atoms with van der Waals surface area (Å²) in [7, 11) is 0. The van der Waals surface area contributed by atoms with Crippen LogP contribution in [0.25, 0.3) is 0 Å². The first-order valence-electron chi connectivity index (χ1n) is 15.0. The van der Waals surface area contributed by atoms with E-state index in [2.05, 4.69) is 0 Å². The second-order valence-electron chi connectivity index (χ2n) is 14.1. The summed E-state index contributed by atoms with van der Waals surface area (Å²) in [6.07, 6.45) is 6.40. The van der Waals surface area contributed by atoms with Gasteiger partial charge in [0, 0.05) is 23.0 Å². The Bertz CT molecular complexity index is 1430. The third-order valence-corrected chi connectivity index (χ3v) is 15.6. The third-order valence-electron chi connectivity index (χ3n) is 13.0. The highest BCUT2D eigenvalue weighted by molar-refractivity contribution is 7.99. The van der Waals surface area contributed by atoms with E-state index in [1.807, 2.05) is 12.2 Å². The Kier molecular flexibility index (Phi) is 5.32. The van der Waals surface area contributed by atoms with Crippen LogP contribution in [-0.2, 0) is 57.2 Å². The van der Waals surface area contributed by atoms with Crippen molar-refractivity contribution in [3.05, 3.63) is 12.2 Å². The number of carbonyl (C=O) groups is 6. The molecular weight excluding hydrogens is 616 g/mol. The van der Waals surface area contributed by atoms with E-state index in [1.54, 1.807) is 37.4 Å². The van der Waals surface area contributed by atoms with Gasteiger partial charge >= 0.3 is 35.8 Å². The lowest BCUT2D eigenvalue weighted by molar-refractivity contribution is -0.161. The van der Waals surface area contributed by atoms with Crippen molar-refractivity contribution in [2.24, 2.45) is 32.5 Å². The van der Waals surface area contributed by atoms with Crippen LogP contribution >= 0.6 is 23.5 Å². The molecule has 44 heavy (non-hydrogen) atoms. The van der Waals surface area contributed by atoms with Crippen LogP contribution in [0.5, 0.6) is 0 Å². The molecule has 0 N–H and O–H groups in total. The monoisotopic (exact) mass is 646 g/mol. The van der Waals surface area contributed by atoms with Crippen LogP contribution in [0, 0.1) is 32.5 Å². The fourth-order valence-corrected chi connectivity index (χ4v) is 13.9. The molecule has 0 aromatic rings. The number of hydrogen-bond acceptors (Lipinski definition) is 14. The first-order chi connectivity index (χ1) is 20.9. The first kappa shape index (κ1) is 28.0. The molecule has 11 aliphatic heterocycles. The largest absolute Gasteiger partial charge is 0.392 e. The number of hydrogen-bond donors (Lipinski definition) is 0. The maximum atomic E-state index is 11.9. The van der Waals surface area contributed by atoms with E-state index in [0.29, 0.717) is 23.0 Å². The van der Waals surface area contributed by atoms with Crippen molar-refractivity contribution in [3.63, 3.8) is 0 Å². The van der Waals surface area contributed by atoms with E-state index in [0.717, 1.165) is 25.7 Å². The highest BCUT2D eigenvalue weighted by Gasteiger charge is 2.84. The van der Waals surface area contributed by atoms with E-state index >= 15 is 0 Å². The van der Waals surface area contributed by atoms with Gasteiger partial charge in [-0.05, 0) is 39.5 Å². The quantitative estimate of drug-likeness (QED) is 0.160. The summed E-state index contributed by atoms with van der Waals surface area (Å²) >= 11 is 3.35. The molecule has 11 heterocycles. The van der Waals surface area contributed by atoms with Gasteiger partial charge in [0.25, 0.3) is 0 Å². The van der Waals surface area contributed by atoms with Gasteiger partial charge in [0.15, 0.2) is 0 Å². The van der Waals surface area contributed by atoms with Crippen LogP contribution in [-0.4, -0.2) is 95.5 Å². The molecule has 0 amide bonds. The smallest absolute Gasteiger partial charge is 0.324 e. The summed E-state index contributed by atoms with van der Waals surface area (Å²) in [5.41, 5.74) is -4.17. The summed E-state index contributed by atoms with van der Waals surface area (Å²) in [5.74, 6) is 0.441. The Morgan fingerprint density at radius 2 is 0.841 bits per heavy atom. The van der Waals surface area contributed by atoms with Crippen molar-refractivity contribution in [1.29, 1.82) is 0 Å². The van der Waals surface area contributed by atoms with Gasteiger partial charge < -0.3 is 28.4 Å². The zero-order valence-corrected chi connectivity index (χ0v) is 25.6. The molecule has 0 aliphatic carbocycles. The average Bonchev–Trinajstić information content (AvgIpc) is 3.83. The molecule has 234 valence electrons. The van der Waals surface area contributed by atoms with Crippen molar-refractivity contribution in [3.8, 4) is 0 Å².